The number of carboxylic acids is 1. The van der Waals surface area contributed by atoms with Crippen molar-refractivity contribution in [2.45, 2.75) is 31.6 Å². The van der Waals surface area contributed by atoms with Gasteiger partial charge in [0, 0.05) is 23.7 Å². The number of rotatable bonds is 2. The fraction of sp³-hybridized carbons (Fsp3) is 0.462. The van der Waals surface area contributed by atoms with Gasteiger partial charge < -0.3 is 5.11 Å². The van der Waals surface area contributed by atoms with Crippen molar-refractivity contribution in [1.82, 2.24) is 9.36 Å². The Bertz CT molecular complexity index is 573. The van der Waals surface area contributed by atoms with Crippen LogP contribution in [-0.4, -0.2) is 20.4 Å². The van der Waals surface area contributed by atoms with Gasteiger partial charge in [-0.2, -0.15) is 4.37 Å². The summed E-state index contributed by atoms with van der Waals surface area (Å²) in [5.74, 6) is -0.398. The molecule has 0 atom stereocenters. The van der Waals surface area contributed by atoms with Gasteiger partial charge in [-0.05, 0) is 43.3 Å². The van der Waals surface area contributed by atoms with Gasteiger partial charge in [-0.3, -0.25) is 9.78 Å². The molecule has 0 spiro atoms. The van der Waals surface area contributed by atoms with Crippen molar-refractivity contribution in [3.63, 3.8) is 0 Å². The first-order chi connectivity index (χ1) is 8.75. The van der Waals surface area contributed by atoms with E-state index < -0.39 is 5.97 Å². The highest BCUT2D eigenvalue weighted by Gasteiger charge is 2.28. The summed E-state index contributed by atoms with van der Waals surface area (Å²) in [4.78, 5) is 15.0. The Labute approximate surface area is 109 Å². The summed E-state index contributed by atoms with van der Waals surface area (Å²) in [5.41, 5.74) is 1.14. The Kier molecular flexibility index (Phi) is 2.99. The maximum atomic E-state index is 10.9. The monoisotopic (exact) mass is 262 g/mol. The fourth-order valence-electron chi connectivity index (χ4n) is 2.72. The summed E-state index contributed by atoms with van der Waals surface area (Å²) in [6, 6.07) is 2.01. The molecule has 2 heterocycles. The number of aromatic nitrogens is 2. The topological polar surface area (TPSA) is 63.1 Å². The van der Waals surface area contributed by atoms with E-state index in [1.807, 2.05) is 12.3 Å². The van der Waals surface area contributed by atoms with E-state index in [2.05, 4.69) is 9.36 Å². The fourth-order valence-corrected chi connectivity index (χ4v) is 3.54. The maximum Gasteiger partial charge on any atom is 0.306 e. The number of carbonyl (C=O) groups is 1. The second-order valence-corrected chi connectivity index (χ2v) is 5.63. The number of hydrogen-bond donors (Lipinski definition) is 1. The van der Waals surface area contributed by atoms with Crippen LogP contribution in [0.2, 0.25) is 0 Å². The number of aliphatic carboxylic acids is 1. The molecule has 2 aromatic rings. The summed E-state index contributed by atoms with van der Waals surface area (Å²) in [7, 11) is 0. The zero-order valence-electron chi connectivity index (χ0n) is 9.87. The molecule has 0 aromatic carbocycles. The smallest absolute Gasteiger partial charge is 0.306 e. The Morgan fingerprint density at radius 3 is 2.83 bits per heavy atom. The number of fused-ring (bicyclic) bond motifs is 1. The van der Waals surface area contributed by atoms with E-state index in [4.69, 9.17) is 5.11 Å². The lowest BCUT2D eigenvalue weighted by atomic mass is 9.80. The molecule has 1 N–H and O–H groups in total. The van der Waals surface area contributed by atoms with Gasteiger partial charge in [0.2, 0.25) is 0 Å². The normalized spacial score (nSPS) is 24.2. The Morgan fingerprint density at radius 2 is 2.11 bits per heavy atom. The van der Waals surface area contributed by atoms with E-state index in [-0.39, 0.29) is 5.92 Å². The van der Waals surface area contributed by atoms with Crippen LogP contribution in [-0.2, 0) is 4.79 Å². The summed E-state index contributed by atoms with van der Waals surface area (Å²) < 4.78 is 5.66. The van der Waals surface area contributed by atoms with E-state index in [0.29, 0.717) is 5.92 Å². The number of nitrogens with zero attached hydrogens (tertiary/aromatic N) is 2. The molecule has 0 saturated heterocycles. The van der Waals surface area contributed by atoms with Gasteiger partial charge in [0.25, 0.3) is 0 Å². The minimum atomic E-state index is -0.652. The third kappa shape index (κ3) is 1.99. The van der Waals surface area contributed by atoms with Crippen molar-refractivity contribution in [1.29, 1.82) is 0 Å². The van der Waals surface area contributed by atoms with Crippen LogP contribution >= 0.6 is 11.5 Å². The third-order valence-corrected chi connectivity index (χ3v) is 4.58. The first kappa shape index (κ1) is 11.6. The molecular formula is C13H14N2O2S. The lowest BCUT2D eigenvalue weighted by Gasteiger charge is -2.25. The minimum absolute atomic E-state index is 0.159. The molecule has 2 aromatic heterocycles. The highest BCUT2D eigenvalue weighted by atomic mass is 32.1. The van der Waals surface area contributed by atoms with Gasteiger partial charge >= 0.3 is 5.97 Å². The average Bonchev–Trinajstić information content (AvgIpc) is 2.82. The molecule has 0 unspecified atom stereocenters. The number of hydrogen-bond acceptors (Lipinski definition) is 4. The summed E-state index contributed by atoms with van der Waals surface area (Å²) in [6.07, 6.45) is 7.03. The summed E-state index contributed by atoms with van der Waals surface area (Å²) in [5, 5.41) is 10.2. The van der Waals surface area contributed by atoms with Gasteiger partial charge in [0.1, 0.15) is 0 Å². The molecule has 18 heavy (non-hydrogen) atoms. The second-order valence-electron chi connectivity index (χ2n) is 4.83. The van der Waals surface area contributed by atoms with Crippen molar-refractivity contribution in [3.05, 3.63) is 24.2 Å². The van der Waals surface area contributed by atoms with Crippen LogP contribution in [0.15, 0.2) is 18.5 Å². The molecule has 0 aliphatic heterocycles. The molecule has 1 aliphatic rings. The quantitative estimate of drug-likeness (QED) is 0.903. The van der Waals surface area contributed by atoms with Crippen LogP contribution < -0.4 is 0 Å². The number of pyridine rings is 1. The Morgan fingerprint density at radius 1 is 1.33 bits per heavy atom. The van der Waals surface area contributed by atoms with E-state index in [0.717, 1.165) is 36.1 Å². The molecule has 1 fully saturated rings. The molecule has 5 heteroatoms. The first-order valence-corrected chi connectivity index (χ1v) is 6.95. The van der Waals surface area contributed by atoms with Crippen LogP contribution in [0.25, 0.3) is 10.1 Å². The van der Waals surface area contributed by atoms with Crippen molar-refractivity contribution in [3.8, 4) is 0 Å². The van der Waals surface area contributed by atoms with E-state index in [1.165, 1.54) is 16.9 Å². The highest BCUT2D eigenvalue weighted by Crippen LogP contribution is 2.38. The molecule has 0 amide bonds. The van der Waals surface area contributed by atoms with Crippen LogP contribution in [0.4, 0.5) is 0 Å². The summed E-state index contributed by atoms with van der Waals surface area (Å²) in [6.45, 7) is 0. The lowest BCUT2D eigenvalue weighted by Crippen LogP contribution is -2.20. The molecule has 1 aliphatic carbocycles. The maximum absolute atomic E-state index is 10.9. The van der Waals surface area contributed by atoms with Gasteiger partial charge in [-0.25, -0.2) is 0 Å². The predicted octanol–water partition coefficient (Wildman–Crippen LogP) is 3.05. The molecule has 3 rings (SSSR count). The second kappa shape index (κ2) is 4.65. The van der Waals surface area contributed by atoms with Crippen molar-refractivity contribution in [2.24, 2.45) is 5.92 Å². The zero-order chi connectivity index (χ0) is 12.5. The van der Waals surface area contributed by atoms with Crippen LogP contribution in [0.5, 0.6) is 0 Å². The average molecular weight is 262 g/mol. The predicted molar refractivity (Wildman–Crippen MR) is 69.7 cm³/mol. The van der Waals surface area contributed by atoms with Gasteiger partial charge in [-0.1, -0.05) is 0 Å². The van der Waals surface area contributed by atoms with E-state index >= 15 is 0 Å². The Balaban J connectivity index is 1.82. The zero-order valence-corrected chi connectivity index (χ0v) is 10.7. The Hall–Kier alpha value is -1.49. The summed E-state index contributed by atoms with van der Waals surface area (Å²) >= 11 is 1.49. The van der Waals surface area contributed by atoms with Gasteiger partial charge in [-0.15, -0.1) is 0 Å². The molecule has 4 nitrogen and oxygen atoms in total. The molecule has 1 saturated carbocycles. The molecular weight excluding hydrogens is 248 g/mol. The van der Waals surface area contributed by atoms with Crippen LogP contribution in [0.3, 0.4) is 0 Å². The standard InChI is InChI=1S/C13H14N2O2S/c16-13(17)9-3-1-8(2-4-9)12-10-5-6-14-7-11(10)18-15-12/h5-9H,1-4H2,(H,16,17). The lowest BCUT2D eigenvalue weighted by molar-refractivity contribution is -0.142. The van der Waals surface area contributed by atoms with Crippen molar-refractivity contribution < 1.29 is 9.90 Å². The largest absolute Gasteiger partial charge is 0.481 e. The van der Waals surface area contributed by atoms with Gasteiger partial charge in [0.05, 0.1) is 16.3 Å². The SMILES string of the molecule is O=C(O)C1CCC(c2nsc3cnccc23)CC1. The van der Waals surface area contributed by atoms with Crippen LogP contribution in [0, 0.1) is 5.92 Å². The third-order valence-electron chi connectivity index (χ3n) is 3.77. The molecule has 94 valence electrons. The molecule has 0 radical (unpaired) electrons. The molecule has 0 bridgehead atoms. The first-order valence-electron chi connectivity index (χ1n) is 6.18. The highest BCUT2D eigenvalue weighted by molar-refractivity contribution is 7.13. The number of carboxylic acid groups (broad SMARTS) is 1. The van der Waals surface area contributed by atoms with Crippen molar-refractivity contribution in [2.75, 3.05) is 0 Å². The van der Waals surface area contributed by atoms with Gasteiger partial charge in [0.15, 0.2) is 0 Å². The van der Waals surface area contributed by atoms with Crippen LogP contribution in [0.1, 0.15) is 37.3 Å². The minimum Gasteiger partial charge on any atom is -0.481 e. The van der Waals surface area contributed by atoms with E-state index in [9.17, 15) is 4.79 Å². The van der Waals surface area contributed by atoms with Crippen molar-refractivity contribution >= 4 is 27.6 Å². The van der Waals surface area contributed by atoms with E-state index in [1.54, 1.807) is 6.20 Å².